The van der Waals surface area contributed by atoms with E-state index in [1.165, 1.54) is 0 Å². The Morgan fingerprint density at radius 3 is 2.62 bits per heavy atom. The zero-order chi connectivity index (χ0) is 15.6. The maximum Gasteiger partial charge on any atom is 0.306 e. The molecule has 0 radical (unpaired) electrons. The molecule has 1 aliphatic rings. The minimum absolute atomic E-state index is 0.0262. The number of carbonyl (C=O) groups excluding carboxylic acids is 1. The second kappa shape index (κ2) is 6.67. The van der Waals surface area contributed by atoms with Gasteiger partial charge in [-0.15, -0.1) is 0 Å². The van der Waals surface area contributed by atoms with E-state index in [4.69, 9.17) is 28.3 Å². The number of benzene rings is 1. The Balaban J connectivity index is 1.84. The van der Waals surface area contributed by atoms with Gasteiger partial charge in [0.1, 0.15) is 0 Å². The predicted molar refractivity (Wildman–Crippen MR) is 81.6 cm³/mol. The minimum atomic E-state index is -0.790. The highest BCUT2D eigenvalue weighted by Gasteiger charge is 2.35. The van der Waals surface area contributed by atoms with Gasteiger partial charge in [-0.2, -0.15) is 0 Å². The van der Waals surface area contributed by atoms with Crippen molar-refractivity contribution < 1.29 is 14.7 Å². The third kappa shape index (κ3) is 4.11. The molecule has 0 heterocycles. The molecule has 114 valence electrons. The molecule has 1 saturated carbocycles. The summed E-state index contributed by atoms with van der Waals surface area (Å²) in [5.74, 6) is -1.42. The first-order valence-electron chi connectivity index (χ1n) is 6.84. The number of carboxylic acids is 1. The molecule has 1 aliphatic carbocycles. The topological polar surface area (TPSA) is 66.4 Å². The molecule has 1 aromatic carbocycles. The lowest BCUT2D eigenvalue weighted by molar-refractivity contribution is -0.146. The lowest BCUT2D eigenvalue weighted by atomic mass is 9.80. The van der Waals surface area contributed by atoms with Crippen LogP contribution < -0.4 is 5.32 Å². The number of halogens is 2. The Morgan fingerprint density at radius 1 is 1.38 bits per heavy atom. The third-order valence-electron chi connectivity index (χ3n) is 3.82. The van der Waals surface area contributed by atoms with Crippen LogP contribution in [-0.2, 0) is 16.0 Å². The van der Waals surface area contributed by atoms with Crippen molar-refractivity contribution in [2.24, 2.45) is 11.8 Å². The van der Waals surface area contributed by atoms with E-state index in [1.807, 2.05) is 13.0 Å². The molecular formula is C15H17Cl2NO3. The average Bonchev–Trinajstić information content (AvgIpc) is 2.35. The quantitative estimate of drug-likeness (QED) is 0.871. The fourth-order valence-electron chi connectivity index (χ4n) is 2.39. The van der Waals surface area contributed by atoms with E-state index in [9.17, 15) is 9.59 Å². The molecule has 4 nitrogen and oxygen atoms in total. The molecule has 2 N–H and O–H groups in total. The van der Waals surface area contributed by atoms with Gasteiger partial charge in [0.2, 0.25) is 5.91 Å². The van der Waals surface area contributed by atoms with Gasteiger partial charge in [-0.05, 0) is 37.0 Å². The molecule has 0 aliphatic heterocycles. The van der Waals surface area contributed by atoms with E-state index in [0.717, 1.165) is 5.56 Å². The van der Waals surface area contributed by atoms with Gasteiger partial charge in [0, 0.05) is 22.0 Å². The summed E-state index contributed by atoms with van der Waals surface area (Å²) >= 11 is 11.9. The summed E-state index contributed by atoms with van der Waals surface area (Å²) in [7, 11) is 0. The van der Waals surface area contributed by atoms with Crippen LogP contribution in [0.1, 0.15) is 25.3 Å². The normalized spacial score (nSPS) is 22.2. The zero-order valence-corrected chi connectivity index (χ0v) is 13.1. The number of carboxylic acid groups (broad SMARTS) is 1. The largest absolute Gasteiger partial charge is 0.481 e. The maximum atomic E-state index is 12.1. The fourth-order valence-corrected chi connectivity index (χ4v) is 2.88. The van der Waals surface area contributed by atoms with E-state index < -0.39 is 5.97 Å². The number of amides is 1. The molecule has 1 fully saturated rings. The minimum Gasteiger partial charge on any atom is -0.481 e. The first kappa shape index (κ1) is 16.1. The molecule has 1 atom stereocenters. The SMILES string of the molecule is CC(Cc1ccc(Cl)cc1Cl)C(=O)NC1CC(C(=O)O)C1. The molecular weight excluding hydrogens is 313 g/mol. The van der Waals surface area contributed by atoms with Gasteiger partial charge in [-0.1, -0.05) is 36.2 Å². The van der Waals surface area contributed by atoms with Crippen LogP contribution in [0.4, 0.5) is 0 Å². The van der Waals surface area contributed by atoms with Crippen LogP contribution in [0.2, 0.25) is 10.0 Å². The molecule has 0 saturated heterocycles. The second-order valence-electron chi connectivity index (χ2n) is 5.55. The highest BCUT2D eigenvalue weighted by Crippen LogP contribution is 2.28. The van der Waals surface area contributed by atoms with Gasteiger partial charge in [0.25, 0.3) is 0 Å². The molecule has 1 amide bonds. The van der Waals surface area contributed by atoms with Crippen molar-refractivity contribution in [3.8, 4) is 0 Å². The molecule has 1 aromatic rings. The number of carbonyl (C=O) groups is 2. The number of hydrogen-bond acceptors (Lipinski definition) is 2. The van der Waals surface area contributed by atoms with Crippen molar-refractivity contribution in [2.45, 2.75) is 32.2 Å². The summed E-state index contributed by atoms with van der Waals surface area (Å²) in [5.41, 5.74) is 0.876. The maximum absolute atomic E-state index is 12.1. The summed E-state index contributed by atoms with van der Waals surface area (Å²) in [6, 6.07) is 5.20. The Hall–Kier alpha value is -1.26. The lowest BCUT2D eigenvalue weighted by Gasteiger charge is -2.33. The Kier molecular flexibility index (Phi) is 5.12. The molecule has 0 aromatic heterocycles. The molecule has 21 heavy (non-hydrogen) atoms. The summed E-state index contributed by atoms with van der Waals surface area (Å²) in [6.07, 6.45) is 1.54. The van der Waals surface area contributed by atoms with E-state index in [-0.39, 0.29) is 23.8 Å². The second-order valence-corrected chi connectivity index (χ2v) is 6.40. The van der Waals surface area contributed by atoms with Crippen LogP contribution in [0.5, 0.6) is 0 Å². The van der Waals surface area contributed by atoms with E-state index in [1.54, 1.807) is 12.1 Å². The number of hydrogen-bond donors (Lipinski definition) is 2. The summed E-state index contributed by atoms with van der Waals surface area (Å²) < 4.78 is 0. The smallest absolute Gasteiger partial charge is 0.306 e. The third-order valence-corrected chi connectivity index (χ3v) is 4.41. The molecule has 1 unspecified atom stereocenters. The van der Waals surface area contributed by atoms with Gasteiger partial charge in [0.15, 0.2) is 0 Å². The molecule has 6 heteroatoms. The van der Waals surface area contributed by atoms with Crippen molar-refractivity contribution in [2.75, 3.05) is 0 Å². The monoisotopic (exact) mass is 329 g/mol. The lowest BCUT2D eigenvalue weighted by Crippen LogP contribution is -2.48. The predicted octanol–water partition coefficient (Wildman–Crippen LogP) is 3.15. The van der Waals surface area contributed by atoms with Crippen LogP contribution in [0, 0.1) is 11.8 Å². The van der Waals surface area contributed by atoms with Crippen molar-refractivity contribution in [3.05, 3.63) is 33.8 Å². The average molecular weight is 330 g/mol. The van der Waals surface area contributed by atoms with E-state index in [2.05, 4.69) is 5.32 Å². The van der Waals surface area contributed by atoms with E-state index in [0.29, 0.717) is 29.3 Å². The first-order chi connectivity index (χ1) is 9.86. The van der Waals surface area contributed by atoms with Crippen LogP contribution >= 0.6 is 23.2 Å². The van der Waals surface area contributed by atoms with E-state index >= 15 is 0 Å². The molecule has 0 spiro atoms. The van der Waals surface area contributed by atoms with Crippen LogP contribution in [0.15, 0.2) is 18.2 Å². The number of nitrogens with one attached hydrogen (secondary N) is 1. The highest BCUT2D eigenvalue weighted by atomic mass is 35.5. The van der Waals surface area contributed by atoms with Crippen molar-refractivity contribution in [1.29, 1.82) is 0 Å². The standard InChI is InChI=1S/C15H17Cl2NO3/c1-8(4-9-2-3-11(16)7-13(9)17)14(19)18-12-5-10(6-12)15(20)21/h2-3,7-8,10,12H,4-6H2,1H3,(H,18,19)(H,20,21). The Morgan fingerprint density at radius 2 is 2.05 bits per heavy atom. The number of rotatable bonds is 5. The fraction of sp³-hybridized carbons (Fsp3) is 0.467. The van der Waals surface area contributed by atoms with Gasteiger partial charge in [-0.25, -0.2) is 0 Å². The zero-order valence-electron chi connectivity index (χ0n) is 11.6. The molecule has 0 bridgehead atoms. The molecule has 2 rings (SSSR count). The van der Waals surface area contributed by atoms with Crippen molar-refractivity contribution in [1.82, 2.24) is 5.32 Å². The van der Waals surface area contributed by atoms with Gasteiger partial charge in [-0.3, -0.25) is 9.59 Å². The summed E-state index contributed by atoms with van der Waals surface area (Å²) in [5, 5.41) is 12.8. The van der Waals surface area contributed by atoms with Crippen LogP contribution in [0.3, 0.4) is 0 Å². The van der Waals surface area contributed by atoms with Gasteiger partial charge < -0.3 is 10.4 Å². The Bertz CT molecular complexity index is 556. The van der Waals surface area contributed by atoms with Crippen LogP contribution in [0.25, 0.3) is 0 Å². The summed E-state index contributed by atoms with van der Waals surface area (Å²) in [6.45, 7) is 1.83. The Labute approximate surface area is 133 Å². The first-order valence-corrected chi connectivity index (χ1v) is 7.59. The van der Waals surface area contributed by atoms with Gasteiger partial charge >= 0.3 is 5.97 Å². The van der Waals surface area contributed by atoms with Crippen molar-refractivity contribution in [3.63, 3.8) is 0 Å². The number of aliphatic carboxylic acids is 1. The van der Waals surface area contributed by atoms with Gasteiger partial charge in [0.05, 0.1) is 5.92 Å². The summed E-state index contributed by atoms with van der Waals surface area (Å²) in [4.78, 5) is 22.8. The highest BCUT2D eigenvalue weighted by molar-refractivity contribution is 6.35. The van der Waals surface area contributed by atoms with Crippen LogP contribution in [-0.4, -0.2) is 23.0 Å². The van der Waals surface area contributed by atoms with Crippen molar-refractivity contribution >= 4 is 35.1 Å².